The summed E-state index contributed by atoms with van der Waals surface area (Å²) in [4.78, 5) is 164. The first-order valence-electron chi connectivity index (χ1n) is 28.8. The number of hydrogen-bond donors (Lipinski definition) is 13. The second-order valence-corrected chi connectivity index (χ2v) is 22.6. The molecule has 10 amide bonds. The molecule has 0 aromatic heterocycles. The number of aliphatic carboxylic acids is 2. The number of likely N-dealkylation sites (tertiary alicyclic amines) is 2. The van der Waals surface area contributed by atoms with E-state index in [1.54, 1.807) is 105 Å². The minimum atomic E-state index is -1.93. The van der Waals surface area contributed by atoms with Crippen LogP contribution in [0.4, 0.5) is 0 Å². The molecule has 3 aromatic rings. The molecule has 3 aromatic carbocycles. The number of carboxylic acids is 2. The van der Waals surface area contributed by atoms with Crippen LogP contribution >= 0.6 is 0 Å². The zero-order chi connectivity index (χ0) is 64.2. The van der Waals surface area contributed by atoms with E-state index in [0.29, 0.717) is 17.5 Å². The van der Waals surface area contributed by atoms with Gasteiger partial charge in [0.25, 0.3) is 0 Å². The third-order valence-electron chi connectivity index (χ3n) is 14.9. The largest absolute Gasteiger partial charge is 0.481 e. The number of aliphatic hydroxyl groups is 2. The molecule has 87 heavy (non-hydrogen) atoms. The first kappa shape index (κ1) is 69.0. The number of rotatable bonds is 30. The Balaban J connectivity index is 1.20. The second kappa shape index (κ2) is 32.6. The Kier molecular flexibility index (Phi) is 25.9. The molecule has 5 rings (SSSR count). The number of carbonyl (C=O) groups is 12. The third-order valence-corrected chi connectivity index (χ3v) is 14.9. The highest BCUT2D eigenvalue weighted by atomic mass is 16.4. The molecule has 0 aliphatic carbocycles. The topological polar surface area (TPSA) is 414 Å². The van der Waals surface area contributed by atoms with E-state index in [2.05, 4.69) is 42.5 Å². The van der Waals surface area contributed by atoms with Gasteiger partial charge < -0.3 is 78.5 Å². The van der Waals surface area contributed by atoms with Crippen LogP contribution in [0, 0.1) is 11.8 Å². The lowest BCUT2D eigenvalue weighted by molar-refractivity contribution is -0.144. The molecule has 0 radical (unpaired) electrons. The van der Waals surface area contributed by atoms with Crippen LogP contribution in [0.1, 0.15) is 83.9 Å². The van der Waals surface area contributed by atoms with Gasteiger partial charge in [-0.25, -0.2) is 4.79 Å². The molecule has 0 saturated carbocycles. The number of nitrogens with zero attached hydrogens (tertiary/aromatic N) is 2. The van der Waals surface area contributed by atoms with Crippen LogP contribution in [0.2, 0.25) is 0 Å². The molecule has 12 atom stereocenters. The maximum absolute atomic E-state index is 14.1. The normalized spacial score (nSPS) is 18.7. The molecule has 0 spiro atoms. The maximum atomic E-state index is 14.1. The molecular weight excluding hydrogens is 1130 g/mol. The zero-order valence-corrected chi connectivity index (χ0v) is 49.5. The number of hydrogen-bond acceptors (Lipinski definition) is 15. The smallest absolute Gasteiger partial charge is 0.326 e. The van der Waals surface area contributed by atoms with Gasteiger partial charge in [0.15, 0.2) is 0 Å². The van der Waals surface area contributed by atoms with Gasteiger partial charge in [0.1, 0.15) is 54.4 Å². The molecule has 2 saturated heterocycles. The Bertz CT molecular complexity index is 2920. The lowest BCUT2D eigenvalue weighted by Crippen LogP contribution is -2.62. The Hall–Kier alpha value is -8.82. The number of carbonyl (C=O) groups excluding carboxylic acids is 10. The van der Waals surface area contributed by atoms with Crippen LogP contribution in [0.3, 0.4) is 0 Å². The summed E-state index contributed by atoms with van der Waals surface area (Å²) in [5.74, 6) is -12.9. The Morgan fingerprint density at radius 2 is 1.05 bits per heavy atom. The molecule has 27 nitrogen and oxygen atoms in total. The summed E-state index contributed by atoms with van der Waals surface area (Å²) in [5.41, 5.74) is 8.25. The second-order valence-electron chi connectivity index (χ2n) is 22.6. The minimum Gasteiger partial charge on any atom is -0.481 e. The van der Waals surface area contributed by atoms with Crippen molar-refractivity contribution in [3.63, 3.8) is 0 Å². The summed E-state index contributed by atoms with van der Waals surface area (Å²) in [6.07, 6.45) is -3.67. The molecule has 2 unspecified atom stereocenters. The maximum Gasteiger partial charge on any atom is 0.326 e. The van der Waals surface area contributed by atoms with Gasteiger partial charge in [-0.1, -0.05) is 119 Å². The lowest BCUT2D eigenvalue weighted by atomic mass is 10.00. The Morgan fingerprint density at radius 3 is 1.57 bits per heavy atom. The first-order chi connectivity index (χ1) is 41.1. The van der Waals surface area contributed by atoms with Crippen LogP contribution in [-0.4, -0.2) is 193 Å². The number of carboxylic acid groups (broad SMARTS) is 2. The molecule has 472 valence electrons. The van der Waals surface area contributed by atoms with E-state index in [1.165, 1.54) is 25.7 Å². The number of nitrogens with one attached hydrogen (secondary N) is 8. The van der Waals surface area contributed by atoms with Gasteiger partial charge in [-0.3, -0.25) is 52.7 Å². The third kappa shape index (κ3) is 20.4. The van der Waals surface area contributed by atoms with E-state index in [9.17, 15) is 78.0 Å². The molecule has 27 heteroatoms. The van der Waals surface area contributed by atoms with E-state index < -0.39 is 168 Å². The van der Waals surface area contributed by atoms with Crippen LogP contribution in [0.15, 0.2) is 91.0 Å². The average Bonchev–Trinajstić information content (AvgIpc) is 2.12. The van der Waals surface area contributed by atoms with Crippen molar-refractivity contribution in [1.82, 2.24) is 52.3 Å². The minimum absolute atomic E-state index is 0.0272. The summed E-state index contributed by atoms with van der Waals surface area (Å²) >= 11 is 0. The van der Waals surface area contributed by atoms with E-state index in [4.69, 9.17) is 5.73 Å². The predicted molar refractivity (Wildman–Crippen MR) is 313 cm³/mol. The predicted octanol–water partition coefficient (Wildman–Crippen LogP) is -2.22. The van der Waals surface area contributed by atoms with Gasteiger partial charge >= 0.3 is 11.9 Å². The number of nitrogens with two attached hydrogens (primary N) is 1. The van der Waals surface area contributed by atoms with Crippen LogP contribution in [0.25, 0.3) is 0 Å². The van der Waals surface area contributed by atoms with E-state index in [1.807, 2.05) is 0 Å². The highest BCUT2D eigenvalue weighted by molar-refractivity contribution is 5.99. The zero-order valence-electron chi connectivity index (χ0n) is 49.5. The summed E-state index contributed by atoms with van der Waals surface area (Å²) < 4.78 is 0. The molecule has 2 aliphatic rings. The van der Waals surface area contributed by atoms with Gasteiger partial charge in [-0.15, -0.1) is 0 Å². The number of amides is 10. The average molecular weight is 1210 g/mol. The van der Waals surface area contributed by atoms with Crippen molar-refractivity contribution in [2.75, 3.05) is 19.6 Å². The van der Waals surface area contributed by atoms with Gasteiger partial charge in [0.2, 0.25) is 59.1 Å². The van der Waals surface area contributed by atoms with Crippen LogP contribution in [0.5, 0.6) is 0 Å². The molecule has 2 fully saturated rings. The van der Waals surface area contributed by atoms with Crippen LogP contribution in [-0.2, 0) is 76.8 Å². The number of aliphatic hydroxyl groups excluding tert-OH is 2. The van der Waals surface area contributed by atoms with Crippen molar-refractivity contribution >= 4 is 71.0 Å². The van der Waals surface area contributed by atoms with Crippen molar-refractivity contribution in [2.24, 2.45) is 17.6 Å². The van der Waals surface area contributed by atoms with E-state index >= 15 is 0 Å². The van der Waals surface area contributed by atoms with E-state index in [0.717, 1.165) is 17.4 Å². The molecular formula is C60H81N11O16. The quantitative estimate of drug-likeness (QED) is 0.0336. The molecule has 14 N–H and O–H groups in total. The van der Waals surface area contributed by atoms with Crippen molar-refractivity contribution in [2.45, 2.75) is 159 Å². The monoisotopic (exact) mass is 1210 g/mol. The summed E-state index contributed by atoms with van der Waals surface area (Å²) in [6, 6.07) is 12.3. The van der Waals surface area contributed by atoms with Crippen molar-refractivity contribution in [3.05, 3.63) is 108 Å². The van der Waals surface area contributed by atoms with Crippen molar-refractivity contribution < 1.29 is 78.0 Å². The van der Waals surface area contributed by atoms with Crippen molar-refractivity contribution in [1.29, 1.82) is 0 Å². The number of β-amino-alcohol motifs (C(OH)–C–C–N with tert-alkyl or cyclic N) is 1. The fourth-order valence-corrected chi connectivity index (χ4v) is 10.1. The standard InChI is InChI=1S/C60H81N11O16/c1-32(2)48(57(83)62-30-46(74)70-24-16-23-44(70)55(81)64-41(26-37-19-12-8-13-20-37)53(79)63-34(5)51(77)66-43(60(86)87)27-38-21-14-9-15-22-38)67-54(80)42(29-47(75)76)65-58(84)50(35(6)72)69-56(82)45-28-39(73)31-71(45)59(85)49(33(3)4)68-52(78)40(61)25-36-17-10-7-11-18-36/h7-15,17-22,32-35,39-45,48-50,72-73H,16,23-31,61H2,1-6H3,(H,62,83)(H,63,79)(H,64,81)(H,65,84)(H,66,77)(H,67,80)(H,68,78)(H,69,82)(H,75,76)(H,86,87)/t34-,35+,39?,40-,41-,42-,43-,44-,45?,48-,49-,50-/m0/s1. The van der Waals surface area contributed by atoms with Gasteiger partial charge in [0, 0.05) is 32.4 Å². The molecule has 0 bridgehead atoms. The fourth-order valence-electron chi connectivity index (χ4n) is 10.1. The van der Waals surface area contributed by atoms with Crippen LogP contribution < -0.4 is 48.3 Å². The van der Waals surface area contributed by atoms with E-state index in [-0.39, 0.29) is 45.2 Å². The first-order valence-corrected chi connectivity index (χ1v) is 28.8. The lowest BCUT2D eigenvalue weighted by Gasteiger charge is -2.32. The highest BCUT2D eigenvalue weighted by Crippen LogP contribution is 2.23. The Labute approximate surface area is 503 Å². The Morgan fingerprint density at radius 1 is 0.540 bits per heavy atom. The fraction of sp³-hybridized carbons (Fsp3) is 0.500. The number of benzene rings is 3. The summed E-state index contributed by atoms with van der Waals surface area (Å²) in [6.45, 7) is 7.87. The summed E-state index contributed by atoms with van der Waals surface area (Å²) in [5, 5.41) is 60.9. The van der Waals surface area contributed by atoms with Gasteiger partial charge in [-0.05, 0) is 61.6 Å². The molecule has 2 aliphatic heterocycles. The molecule has 2 heterocycles. The van der Waals surface area contributed by atoms with Crippen molar-refractivity contribution in [3.8, 4) is 0 Å². The summed E-state index contributed by atoms with van der Waals surface area (Å²) in [7, 11) is 0. The van der Waals surface area contributed by atoms with Gasteiger partial charge in [-0.2, -0.15) is 0 Å². The SMILES string of the molecule is CC(C)[C@H](NC(=O)[C@H](CC(=O)O)NC(=O)[C@@H](NC(=O)C1CC(O)CN1C(=O)[C@@H](NC(=O)[C@@H](N)Cc1ccccc1)C(C)C)[C@@H](C)O)C(=O)NCC(=O)N1CCC[C@H]1C(=O)N[C@@H](Cc1ccccc1)C(=O)N[C@@H](C)C(=O)N[C@@H](Cc1ccccc1)C(=O)O. The highest BCUT2D eigenvalue weighted by Gasteiger charge is 2.45. The van der Waals surface area contributed by atoms with Gasteiger partial charge in [0.05, 0.1) is 31.2 Å².